The van der Waals surface area contributed by atoms with Gasteiger partial charge in [0.1, 0.15) is 11.5 Å². The first-order valence-electron chi connectivity index (χ1n) is 8.75. The molecule has 1 N–H and O–H groups in total. The zero-order chi connectivity index (χ0) is 20.3. The molecule has 0 saturated carbocycles. The fourth-order valence-corrected chi connectivity index (χ4v) is 2.78. The van der Waals surface area contributed by atoms with Gasteiger partial charge in [0.15, 0.2) is 0 Å². The minimum atomic E-state index is -0.827. The number of amides is 1. The van der Waals surface area contributed by atoms with Crippen molar-refractivity contribution in [2.75, 3.05) is 6.54 Å². The smallest absolute Gasteiger partial charge is 0.351 e. The maximum absolute atomic E-state index is 14.3. The van der Waals surface area contributed by atoms with Gasteiger partial charge in [0.25, 0.3) is 11.5 Å². The van der Waals surface area contributed by atoms with Gasteiger partial charge in [0, 0.05) is 6.54 Å². The summed E-state index contributed by atoms with van der Waals surface area (Å²) in [6, 6.07) is 12.8. The molecule has 0 saturated heterocycles. The third-order valence-corrected chi connectivity index (χ3v) is 4.28. The van der Waals surface area contributed by atoms with Gasteiger partial charge in [-0.2, -0.15) is 9.78 Å². The van der Waals surface area contributed by atoms with Crippen molar-refractivity contribution in [3.05, 3.63) is 92.0 Å². The highest BCUT2D eigenvalue weighted by Crippen LogP contribution is 2.10. The summed E-state index contributed by atoms with van der Waals surface area (Å²) in [5.41, 5.74) is -0.662. The van der Waals surface area contributed by atoms with Gasteiger partial charge >= 0.3 is 5.69 Å². The minimum absolute atomic E-state index is 0.0618. The third kappa shape index (κ3) is 3.62. The molecule has 0 aliphatic heterocycles. The van der Waals surface area contributed by atoms with Crippen LogP contribution in [0.1, 0.15) is 28.5 Å². The first kappa shape index (κ1) is 19.2. The Morgan fingerprint density at radius 3 is 2.46 bits per heavy atom. The SMILES string of the molecule is CCNC(=O)c1nn(-c2ccccc2F)c(=O)n(Cc2ccccc2C)c1=O. The van der Waals surface area contributed by atoms with E-state index in [0.29, 0.717) is 0 Å². The number of nitrogens with zero attached hydrogens (tertiary/aromatic N) is 3. The van der Waals surface area contributed by atoms with Crippen LogP contribution in [0.3, 0.4) is 0 Å². The molecule has 7 nitrogen and oxygen atoms in total. The summed E-state index contributed by atoms with van der Waals surface area (Å²) in [7, 11) is 0. The number of para-hydroxylation sites is 1. The van der Waals surface area contributed by atoms with Crippen LogP contribution in [0.15, 0.2) is 58.1 Å². The van der Waals surface area contributed by atoms with Crippen molar-refractivity contribution in [1.29, 1.82) is 0 Å². The third-order valence-electron chi connectivity index (χ3n) is 4.28. The van der Waals surface area contributed by atoms with Crippen LogP contribution in [0.4, 0.5) is 4.39 Å². The zero-order valence-corrected chi connectivity index (χ0v) is 15.5. The van der Waals surface area contributed by atoms with Gasteiger partial charge in [-0.1, -0.05) is 36.4 Å². The van der Waals surface area contributed by atoms with E-state index in [-0.39, 0.29) is 18.8 Å². The summed E-state index contributed by atoms with van der Waals surface area (Å²) >= 11 is 0. The summed E-state index contributed by atoms with van der Waals surface area (Å²) in [5, 5.41) is 6.36. The van der Waals surface area contributed by atoms with Crippen LogP contribution in [0, 0.1) is 12.7 Å². The summed E-state index contributed by atoms with van der Waals surface area (Å²) < 4.78 is 15.9. The molecule has 0 radical (unpaired) electrons. The van der Waals surface area contributed by atoms with E-state index in [0.717, 1.165) is 20.4 Å². The Bertz CT molecular complexity index is 1150. The average molecular weight is 382 g/mol. The number of aromatic nitrogens is 3. The second-order valence-electron chi connectivity index (χ2n) is 6.17. The Balaban J connectivity index is 2.27. The molecule has 0 aliphatic rings. The largest absolute Gasteiger partial charge is 0.352 e. The van der Waals surface area contributed by atoms with Crippen LogP contribution in [-0.2, 0) is 6.54 Å². The lowest BCUT2D eigenvalue weighted by Crippen LogP contribution is -2.46. The first-order chi connectivity index (χ1) is 13.4. The molecule has 1 aromatic heterocycles. The van der Waals surface area contributed by atoms with Crippen molar-refractivity contribution in [2.45, 2.75) is 20.4 Å². The first-order valence-corrected chi connectivity index (χ1v) is 8.75. The van der Waals surface area contributed by atoms with Crippen molar-refractivity contribution in [2.24, 2.45) is 0 Å². The van der Waals surface area contributed by atoms with Gasteiger partial charge in [-0.15, -0.1) is 0 Å². The molecule has 3 rings (SSSR count). The monoisotopic (exact) mass is 382 g/mol. The molecule has 0 atom stereocenters. The second-order valence-corrected chi connectivity index (χ2v) is 6.17. The van der Waals surface area contributed by atoms with E-state index in [1.54, 1.807) is 19.1 Å². The number of halogens is 1. The highest BCUT2D eigenvalue weighted by molar-refractivity contribution is 5.91. The number of nitrogens with one attached hydrogen (secondary N) is 1. The number of benzene rings is 2. The Kier molecular flexibility index (Phi) is 5.49. The van der Waals surface area contributed by atoms with Gasteiger partial charge in [-0.05, 0) is 37.1 Å². The molecule has 1 heterocycles. The van der Waals surface area contributed by atoms with Crippen LogP contribution in [0.5, 0.6) is 0 Å². The number of rotatable bonds is 5. The van der Waals surface area contributed by atoms with E-state index in [1.165, 1.54) is 24.3 Å². The molecule has 0 unspecified atom stereocenters. The fraction of sp³-hybridized carbons (Fsp3) is 0.200. The fourth-order valence-electron chi connectivity index (χ4n) is 2.78. The van der Waals surface area contributed by atoms with E-state index in [4.69, 9.17) is 0 Å². The predicted molar refractivity (Wildman–Crippen MR) is 102 cm³/mol. The molecule has 3 aromatic rings. The number of hydrogen-bond donors (Lipinski definition) is 1. The molecule has 28 heavy (non-hydrogen) atoms. The van der Waals surface area contributed by atoms with Crippen LogP contribution in [-0.4, -0.2) is 26.8 Å². The number of hydrogen-bond acceptors (Lipinski definition) is 4. The lowest BCUT2D eigenvalue weighted by atomic mass is 10.1. The maximum atomic E-state index is 14.3. The van der Waals surface area contributed by atoms with Gasteiger partial charge in [-0.3, -0.25) is 14.2 Å². The van der Waals surface area contributed by atoms with Crippen LogP contribution in [0.25, 0.3) is 5.69 Å². The normalized spacial score (nSPS) is 10.7. The number of carbonyl (C=O) groups is 1. The van der Waals surface area contributed by atoms with Crippen LogP contribution < -0.4 is 16.6 Å². The standard InChI is InChI=1S/C20H19FN4O3/c1-3-22-18(26)17-19(27)24(12-14-9-5-4-8-13(14)2)20(28)25(23-17)16-11-7-6-10-15(16)21/h4-11H,3,12H2,1-2H3,(H,22,26). The molecule has 0 aliphatic carbocycles. The molecule has 1 amide bonds. The van der Waals surface area contributed by atoms with E-state index in [9.17, 15) is 18.8 Å². The van der Waals surface area contributed by atoms with Crippen molar-refractivity contribution in [3.63, 3.8) is 0 Å². The number of aryl methyl sites for hydroxylation is 1. The van der Waals surface area contributed by atoms with Gasteiger partial charge in [0.05, 0.1) is 6.54 Å². The molecule has 0 bridgehead atoms. The molecule has 0 spiro atoms. The minimum Gasteiger partial charge on any atom is -0.351 e. The van der Waals surface area contributed by atoms with Gasteiger partial charge in [0.2, 0.25) is 5.69 Å². The summed E-state index contributed by atoms with van der Waals surface area (Å²) in [6.07, 6.45) is 0. The molecule has 0 fully saturated rings. The Morgan fingerprint density at radius 2 is 1.79 bits per heavy atom. The quantitative estimate of drug-likeness (QED) is 0.727. The van der Waals surface area contributed by atoms with Gasteiger partial charge in [-0.25, -0.2) is 9.18 Å². The summed E-state index contributed by atoms with van der Waals surface area (Å²) in [6.45, 7) is 3.75. The van der Waals surface area contributed by atoms with Crippen molar-refractivity contribution < 1.29 is 9.18 Å². The van der Waals surface area contributed by atoms with E-state index >= 15 is 0 Å². The molecule has 8 heteroatoms. The van der Waals surface area contributed by atoms with E-state index < -0.39 is 28.7 Å². The maximum Gasteiger partial charge on any atom is 0.352 e. The lowest BCUT2D eigenvalue weighted by molar-refractivity contribution is 0.0946. The van der Waals surface area contributed by atoms with Crippen molar-refractivity contribution in [1.82, 2.24) is 19.7 Å². The Hall–Kier alpha value is -3.55. The summed E-state index contributed by atoms with van der Waals surface area (Å²) in [5.74, 6) is -1.42. The Morgan fingerprint density at radius 1 is 1.11 bits per heavy atom. The topological polar surface area (TPSA) is 86.0 Å². The highest BCUT2D eigenvalue weighted by Gasteiger charge is 2.21. The van der Waals surface area contributed by atoms with E-state index in [1.807, 2.05) is 19.1 Å². The molecule has 144 valence electrons. The summed E-state index contributed by atoms with van der Waals surface area (Å²) in [4.78, 5) is 38.1. The van der Waals surface area contributed by atoms with Crippen molar-refractivity contribution in [3.8, 4) is 5.69 Å². The van der Waals surface area contributed by atoms with Gasteiger partial charge < -0.3 is 5.32 Å². The molecular weight excluding hydrogens is 363 g/mol. The molecule has 2 aromatic carbocycles. The second kappa shape index (κ2) is 7.99. The van der Waals surface area contributed by atoms with E-state index in [2.05, 4.69) is 10.4 Å². The zero-order valence-electron chi connectivity index (χ0n) is 15.5. The van der Waals surface area contributed by atoms with Crippen LogP contribution in [0.2, 0.25) is 0 Å². The van der Waals surface area contributed by atoms with Crippen molar-refractivity contribution >= 4 is 5.91 Å². The predicted octanol–water partition coefficient (Wildman–Crippen LogP) is 1.64. The molecular formula is C20H19FN4O3. The Labute approximate surface area is 160 Å². The average Bonchev–Trinajstić information content (AvgIpc) is 2.67. The number of carbonyl (C=O) groups excluding carboxylic acids is 1. The van der Waals surface area contributed by atoms with Crippen LogP contribution >= 0.6 is 0 Å². The highest BCUT2D eigenvalue weighted by atomic mass is 19.1. The lowest BCUT2D eigenvalue weighted by Gasteiger charge is -2.13.